The fourth-order valence-electron chi connectivity index (χ4n) is 3.18. The minimum absolute atomic E-state index is 0.607. The van der Waals surface area contributed by atoms with Crippen LogP contribution in [0.2, 0.25) is 0 Å². The van der Waals surface area contributed by atoms with Crippen LogP contribution in [0.25, 0.3) is 11.0 Å². The summed E-state index contributed by atoms with van der Waals surface area (Å²) in [5, 5.41) is 8.70. The largest absolute Gasteiger partial charge is 0.383 e. The van der Waals surface area contributed by atoms with Crippen molar-refractivity contribution in [3.8, 4) is 0 Å². The van der Waals surface area contributed by atoms with Crippen LogP contribution in [0.3, 0.4) is 0 Å². The monoisotopic (exact) mass is 353 g/mol. The Hall–Kier alpha value is -2.74. The molecule has 0 aromatic carbocycles. The Balaban J connectivity index is 1.44. The van der Waals surface area contributed by atoms with E-state index in [0.717, 1.165) is 30.0 Å². The highest BCUT2D eigenvalue weighted by atomic mass is 16.5. The molecule has 1 fully saturated rings. The number of nitrogens with zero attached hydrogens (tertiary/aromatic N) is 6. The van der Waals surface area contributed by atoms with Gasteiger partial charge in [-0.1, -0.05) is 0 Å². The fourth-order valence-corrected chi connectivity index (χ4v) is 3.18. The summed E-state index contributed by atoms with van der Waals surface area (Å²) in [6.07, 6.45) is 7.97. The van der Waals surface area contributed by atoms with E-state index < -0.39 is 0 Å². The van der Waals surface area contributed by atoms with Gasteiger partial charge in [-0.15, -0.1) is 0 Å². The van der Waals surface area contributed by atoms with Gasteiger partial charge >= 0.3 is 0 Å². The Morgan fingerprint density at radius 3 is 2.81 bits per heavy atom. The van der Waals surface area contributed by atoms with Crippen molar-refractivity contribution >= 4 is 22.5 Å². The molecule has 1 saturated heterocycles. The number of rotatable bonds is 7. The van der Waals surface area contributed by atoms with E-state index in [1.54, 1.807) is 7.11 Å². The average Bonchev–Trinajstić information content (AvgIpc) is 3.34. The lowest BCUT2D eigenvalue weighted by Crippen LogP contribution is -2.17. The summed E-state index contributed by atoms with van der Waals surface area (Å²) in [6, 6.07) is 4.22. The third kappa shape index (κ3) is 3.60. The summed E-state index contributed by atoms with van der Waals surface area (Å²) in [7, 11) is 1.68. The van der Waals surface area contributed by atoms with Gasteiger partial charge in [0.1, 0.15) is 12.1 Å². The van der Waals surface area contributed by atoms with Gasteiger partial charge < -0.3 is 15.0 Å². The number of ether oxygens (including phenoxy) is 1. The fraction of sp³-hybridized carbons (Fsp3) is 0.444. The zero-order chi connectivity index (χ0) is 17.8. The van der Waals surface area contributed by atoms with Crippen molar-refractivity contribution in [3.63, 3.8) is 0 Å². The predicted octanol–water partition coefficient (Wildman–Crippen LogP) is 2.08. The molecule has 0 atom stereocenters. The lowest BCUT2D eigenvalue weighted by Gasteiger charge is -2.17. The predicted molar refractivity (Wildman–Crippen MR) is 100 cm³/mol. The van der Waals surface area contributed by atoms with Gasteiger partial charge in [-0.05, 0) is 25.0 Å². The lowest BCUT2D eigenvalue weighted by molar-refractivity contribution is 0.184. The van der Waals surface area contributed by atoms with Gasteiger partial charge in [0.25, 0.3) is 0 Å². The van der Waals surface area contributed by atoms with E-state index in [1.165, 1.54) is 24.9 Å². The second-order valence-electron chi connectivity index (χ2n) is 6.40. The molecule has 8 heteroatoms. The number of hydrogen-bond donors (Lipinski definition) is 1. The van der Waals surface area contributed by atoms with Crippen LogP contribution < -0.4 is 10.2 Å². The van der Waals surface area contributed by atoms with Crippen LogP contribution in [0.1, 0.15) is 18.5 Å². The number of pyridine rings is 1. The Morgan fingerprint density at radius 1 is 1.15 bits per heavy atom. The molecule has 4 heterocycles. The van der Waals surface area contributed by atoms with Crippen molar-refractivity contribution in [1.29, 1.82) is 0 Å². The second-order valence-corrected chi connectivity index (χ2v) is 6.40. The molecule has 0 amide bonds. The van der Waals surface area contributed by atoms with Gasteiger partial charge in [-0.3, -0.25) is 9.67 Å². The summed E-state index contributed by atoms with van der Waals surface area (Å²) in [5.41, 5.74) is 2.86. The molecular formula is C18H23N7O. The molecule has 3 aromatic rings. The molecule has 136 valence electrons. The van der Waals surface area contributed by atoms with E-state index in [-0.39, 0.29) is 0 Å². The van der Waals surface area contributed by atoms with Crippen LogP contribution in [0.15, 0.2) is 30.9 Å². The number of aromatic nitrogens is 5. The zero-order valence-electron chi connectivity index (χ0n) is 14.9. The molecule has 0 unspecified atom stereocenters. The van der Waals surface area contributed by atoms with E-state index in [2.05, 4.69) is 42.4 Å². The van der Waals surface area contributed by atoms with Gasteiger partial charge in [0, 0.05) is 26.4 Å². The Kier molecular flexibility index (Phi) is 4.92. The van der Waals surface area contributed by atoms with E-state index in [1.807, 2.05) is 17.1 Å². The first-order chi connectivity index (χ1) is 12.8. The zero-order valence-corrected chi connectivity index (χ0v) is 14.9. The minimum Gasteiger partial charge on any atom is -0.383 e. The van der Waals surface area contributed by atoms with Gasteiger partial charge in [0.15, 0.2) is 5.65 Å². The first-order valence-electron chi connectivity index (χ1n) is 8.94. The Bertz CT molecular complexity index is 856. The minimum atomic E-state index is 0.607. The van der Waals surface area contributed by atoms with Gasteiger partial charge in [0.2, 0.25) is 0 Å². The average molecular weight is 353 g/mol. The number of hydrogen-bond acceptors (Lipinski definition) is 7. The van der Waals surface area contributed by atoms with Crippen LogP contribution in [-0.4, -0.2) is 51.5 Å². The Labute approximate surface area is 152 Å². The molecule has 0 spiro atoms. The summed E-state index contributed by atoms with van der Waals surface area (Å²) in [6.45, 7) is 4.16. The summed E-state index contributed by atoms with van der Waals surface area (Å²) < 4.78 is 6.93. The van der Waals surface area contributed by atoms with Crippen LogP contribution >= 0.6 is 0 Å². The van der Waals surface area contributed by atoms with Crippen molar-refractivity contribution in [1.82, 2.24) is 24.7 Å². The normalized spacial score (nSPS) is 14.3. The summed E-state index contributed by atoms with van der Waals surface area (Å²) in [5.74, 6) is 0.768. The first kappa shape index (κ1) is 16.7. The molecular weight excluding hydrogens is 330 g/mol. The van der Waals surface area contributed by atoms with E-state index >= 15 is 0 Å². The van der Waals surface area contributed by atoms with E-state index in [0.29, 0.717) is 25.3 Å². The third-order valence-corrected chi connectivity index (χ3v) is 4.61. The molecule has 4 rings (SSSR count). The topological polar surface area (TPSA) is 81.0 Å². The van der Waals surface area contributed by atoms with Crippen LogP contribution in [0, 0.1) is 0 Å². The van der Waals surface area contributed by atoms with Crippen molar-refractivity contribution in [2.75, 3.05) is 37.0 Å². The standard InChI is InChI=1S/C18H23N7O/c1-26-9-8-25-12-16-17(21-13-22-18(16)23-25)20-10-14-4-5-15(11-19-14)24-6-2-3-7-24/h4-5,11-13H,2-3,6-10H2,1H3,(H,20,21,22,23). The van der Waals surface area contributed by atoms with Crippen molar-refractivity contribution in [3.05, 3.63) is 36.5 Å². The quantitative estimate of drug-likeness (QED) is 0.696. The van der Waals surface area contributed by atoms with Crippen molar-refractivity contribution < 1.29 is 4.74 Å². The number of nitrogens with one attached hydrogen (secondary N) is 1. The molecule has 0 bridgehead atoms. The van der Waals surface area contributed by atoms with Gasteiger partial charge in [0.05, 0.1) is 42.7 Å². The lowest BCUT2D eigenvalue weighted by atomic mass is 10.3. The number of methoxy groups -OCH3 is 1. The molecule has 0 aliphatic carbocycles. The molecule has 1 aliphatic rings. The van der Waals surface area contributed by atoms with Crippen LogP contribution in [0.5, 0.6) is 0 Å². The second kappa shape index (κ2) is 7.65. The third-order valence-electron chi connectivity index (χ3n) is 4.61. The van der Waals surface area contributed by atoms with Crippen LogP contribution in [-0.2, 0) is 17.8 Å². The van der Waals surface area contributed by atoms with Gasteiger partial charge in [-0.25, -0.2) is 9.97 Å². The summed E-state index contributed by atoms with van der Waals surface area (Å²) >= 11 is 0. The highest BCUT2D eigenvalue weighted by molar-refractivity contribution is 5.85. The Morgan fingerprint density at radius 2 is 2.04 bits per heavy atom. The van der Waals surface area contributed by atoms with E-state index in [4.69, 9.17) is 4.74 Å². The molecule has 1 aliphatic heterocycles. The van der Waals surface area contributed by atoms with Crippen LogP contribution in [0.4, 0.5) is 11.5 Å². The molecule has 8 nitrogen and oxygen atoms in total. The van der Waals surface area contributed by atoms with E-state index in [9.17, 15) is 0 Å². The maximum Gasteiger partial charge on any atom is 0.186 e. The number of anilines is 2. The molecule has 3 aromatic heterocycles. The van der Waals surface area contributed by atoms with Gasteiger partial charge in [-0.2, -0.15) is 5.10 Å². The summed E-state index contributed by atoms with van der Waals surface area (Å²) in [4.78, 5) is 15.6. The molecule has 0 radical (unpaired) electrons. The maximum absolute atomic E-state index is 5.10. The SMILES string of the molecule is COCCn1cc2c(NCc3ccc(N4CCCC4)cn3)ncnc2n1. The highest BCUT2D eigenvalue weighted by Crippen LogP contribution is 2.21. The number of fused-ring (bicyclic) bond motifs is 1. The van der Waals surface area contributed by atoms with Crippen molar-refractivity contribution in [2.45, 2.75) is 25.9 Å². The first-order valence-corrected chi connectivity index (χ1v) is 8.94. The molecule has 1 N–H and O–H groups in total. The molecule has 0 saturated carbocycles. The highest BCUT2D eigenvalue weighted by Gasteiger charge is 2.12. The van der Waals surface area contributed by atoms with Crippen molar-refractivity contribution in [2.24, 2.45) is 0 Å². The smallest absolute Gasteiger partial charge is 0.186 e. The molecule has 26 heavy (non-hydrogen) atoms. The maximum atomic E-state index is 5.10.